The van der Waals surface area contributed by atoms with E-state index in [1.165, 1.54) is 58.0 Å². The molecule has 0 bridgehead atoms. The molecule has 2 N–H and O–H groups in total. The SMILES string of the molecule is CCCC1(CCC)CN(C2CCCC2CN)C1. The fraction of sp³-hybridized carbons (Fsp3) is 1.00. The summed E-state index contributed by atoms with van der Waals surface area (Å²) in [6.45, 7) is 8.28. The van der Waals surface area contributed by atoms with Crippen molar-refractivity contribution in [3.05, 3.63) is 0 Å². The first kappa shape index (κ1) is 13.4. The Labute approximate surface area is 107 Å². The third kappa shape index (κ3) is 2.68. The predicted octanol–water partition coefficient (Wildman–Crippen LogP) is 3.02. The highest BCUT2D eigenvalue weighted by Crippen LogP contribution is 2.44. The average Bonchev–Trinajstić information content (AvgIpc) is 2.73. The highest BCUT2D eigenvalue weighted by Gasteiger charge is 2.46. The van der Waals surface area contributed by atoms with E-state index in [0.29, 0.717) is 5.41 Å². The Hall–Kier alpha value is -0.0800. The van der Waals surface area contributed by atoms with Gasteiger partial charge in [0.1, 0.15) is 0 Å². The molecule has 0 aromatic rings. The molecule has 2 nitrogen and oxygen atoms in total. The van der Waals surface area contributed by atoms with Crippen LogP contribution in [0.4, 0.5) is 0 Å². The van der Waals surface area contributed by atoms with Gasteiger partial charge in [0.05, 0.1) is 0 Å². The Kier molecular flexibility index (Phi) is 4.48. The van der Waals surface area contributed by atoms with Gasteiger partial charge >= 0.3 is 0 Å². The second-order valence-electron chi connectivity index (χ2n) is 6.40. The molecule has 0 aromatic heterocycles. The lowest BCUT2D eigenvalue weighted by Crippen LogP contribution is -2.60. The van der Waals surface area contributed by atoms with Gasteiger partial charge in [0, 0.05) is 19.1 Å². The summed E-state index contributed by atoms with van der Waals surface area (Å²) in [5, 5.41) is 0. The van der Waals surface area contributed by atoms with Crippen LogP contribution < -0.4 is 5.73 Å². The van der Waals surface area contributed by atoms with E-state index in [4.69, 9.17) is 5.73 Å². The molecule has 17 heavy (non-hydrogen) atoms. The van der Waals surface area contributed by atoms with Gasteiger partial charge in [-0.1, -0.05) is 33.1 Å². The molecule has 2 aliphatic rings. The molecular weight excluding hydrogens is 208 g/mol. The zero-order valence-corrected chi connectivity index (χ0v) is 11.8. The predicted molar refractivity (Wildman–Crippen MR) is 74.0 cm³/mol. The second kappa shape index (κ2) is 5.71. The van der Waals surface area contributed by atoms with E-state index in [1.807, 2.05) is 0 Å². The molecule has 1 saturated carbocycles. The zero-order valence-electron chi connectivity index (χ0n) is 11.8. The minimum absolute atomic E-state index is 0.672. The van der Waals surface area contributed by atoms with Crippen molar-refractivity contribution < 1.29 is 0 Å². The Balaban J connectivity index is 1.87. The van der Waals surface area contributed by atoms with Gasteiger partial charge < -0.3 is 5.73 Å². The molecule has 1 heterocycles. The third-order valence-corrected chi connectivity index (χ3v) is 5.03. The van der Waals surface area contributed by atoms with Crippen molar-refractivity contribution in [3.63, 3.8) is 0 Å². The molecule has 0 spiro atoms. The van der Waals surface area contributed by atoms with Crippen LogP contribution in [0.2, 0.25) is 0 Å². The summed E-state index contributed by atoms with van der Waals surface area (Å²) in [7, 11) is 0. The van der Waals surface area contributed by atoms with E-state index in [0.717, 1.165) is 18.5 Å². The maximum Gasteiger partial charge on any atom is 0.0136 e. The number of hydrogen-bond acceptors (Lipinski definition) is 2. The molecule has 1 saturated heterocycles. The summed E-state index contributed by atoms with van der Waals surface area (Å²) in [6, 6.07) is 0.821. The van der Waals surface area contributed by atoms with Crippen molar-refractivity contribution in [1.29, 1.82) is 0 Å². The lowest BCUT2D eigenvalue weighted by Gasteiger charge is -2.54. The molecular formula is C15H30N2. The van der Waals surface area contributed by atoms with Crippen molar-refractivity contribution in [2.75, 3.05) is 19.6 Å². The Morgan fingerprint density at radius 2 is 1.76 bits per heavy atom. The smallest absolute Gasteiger partial charge is 0.0136 e. The third-order valence-electron chi connectivity index (χ3n) is 5.03. The highest BCUT2D eigenvalue weighted by atomic mass is 15.2. The van der Waals surface area contributed by atoms with Crippen LogP contribution in [-0.4, -0.2) is 30.6 Å². The first-order valence-corrected chi connectivity index (χ1v) is 7.69. The molecule has 1 aliphatic heterocycles. The van der Waals surface area contributed by atoms with Crippen molar-refractivity contribution in [2.24, 2.45) is 17.1 Å². The molecule has 2 unspecified atom stereocenters. The number of hydrogen-bond donors (Lipinski definition) is 1. The molecule has 0 radical (unpaired) electrons. The van der Waals surface area contributed by atoms with Gasteiger partial charge in [-0.25, -0.2) is 0 Å². The molecule has 2 fully saturated rings. The molecule has 2 rings (SSSR count). The highest BCUT2D eigenvalue weighted by molar-refractivity contribution is 5.00. The lowest BCUT2D eigenvalue weighted by atomic mass is 9.71. The largest absolute Gasteiger partial charge is 0.330 e. The maximum absolute atomic E-state index is 5.90. The van der Waals surface area contributed by atoms with E-state index in [-0.39, 0.29) is 0 Å². The van der Waals surface area contributed by atoms with Crippen LogP contribution in [0.5, 0.6) is 0 Å². The van der Waals surface area contributed by atoms with Crippen LogP contribution in [0, 0.1) is 11.3 Å². The van der Waals surface area contributed by atoms with Crippen LogP contribution in [0.15, 0.2) is 0 Å². The van der Waals surface area contributed by atoms with Crippen LogP contribution >= 0.6 is 0 Å². The van der Waals surface area contributed by atoms with Crippen LogP contribution in [0.1, 0.15) is 58.8 Å². The van der Waals surface area contributed by atoms with Gasteiger partial charge in [-0.3, -0.25) is 4.90 Å². The monoisotopic (exact) mass is 238 g/mol. The molecule has 0 aromatic carbocycles. The number of likely N-dealkylation sites (tertiary alicyclic amines) is 1. The van der Waals surface area contributed by atoms with Gasteiger partial charge in [-0.15, -0.1) is 0 Å². The van der Waals surface area contributed by atoms with Gasteiger partial charge in [0.2, 0.25) is 0 Å². The van der Waals surface area contributed by atoms with E-state index >= 15 is 0 Å². The van der Waals surface area contributed by atoms with Gasteiger partial charge in [0.25, 0.3) is 0 Å². The van der Waals surface area contributed by atoms with E-state index < -0.39 is 0 Å². The number of nitrogens with two attached hydrogens (primary N) is 1. The van der Waals surface area contributed by atoms with E-state index in [1.54, 1.807) is 0 Å². The topological polar surface area (TPSA) is 29.3 Å². The Morgan fingerprint density at radius 3 is 2.29 bits per heavy atom. The summed E-state index contributed by atoms with van der Waals surface area (Å²) in [5.41, 5.74) is 6.57. The van der Waals surface area contributed by atoms with Crippen LogP contribution in [0.3, 0.4) is 0 Å². The minimum Gasteiger partial charge on any atom is -0.330 e. The number of nitrogens with zero attached hydrogens (tertiary/aromatic N) is 1. The Morgan fingerprint density at radius 1 is 1.12 bits per heavy atom. The first-order valence-electron chi connectivity index (χ1n) is 7.69. The van der Waals surface area contributed by atoms with Crippen molar-refractivity contribution in [1.82, 2.24) is 4.90 Å². The van der Waals surface area contributed by atoms with Crippen molar-refractivity contribution in [2.45, 2.75) is 64.8 Å². The van der Waals surface area contributed by atoms with Crippen LogP contribution in [0.25, 0.3) is 0 Å². The van der Waals surface area contributed by atoms with Gasteiger partial charge in [-0.2, -0.15) is 0 Å². The minimum atomic E-state index is 0.672. The molecule has 2 heteroatoms. The first-order chi connectivity index (χ1) is 8.24. The summed E-state index contributed by atoms with van der Waals surface area (Å²) in [6.07, 6.45) is 9.71. The van der Waals surface area contributed by atoms with Crippen molar-refractivity contribution >= 4 is 0 Å². The quantitative estimate of drug-likeness (QED) is 0.771. The molecule has 1 aliphatic carbocycles. The molecule has 0 amide bonds. The fourth-order valence-corrected chi connectivity index (χ4v) is 4.32. The summed E-state index contributed by atoms with van der Waals surface area (Å²) in [5.74, 6) is 0.788. The lowest BCUT2D eigenvalue weighted by molar-refractivity contribution is -0.0525. The summed E-state index contributed by atoms with van der Waals surface area (Å²) >= 11 is 0. The fourth-order valence-electron chi connectivity index (χ4n) is 4.32. The van der Waals surface area contributed by atoms with Crippen molar-refractivity contribution in [3.8, 4) is 0 Å². The van der Waals surface area contributed by atoms with Gasteiger partial charge in [0.15, 0.2) is 0 Å². The molecule has 100 valence electrons. The Bertz CT molecular complexity index is 225. The second-order valence-corrected chi connectivity index (χ2v) is 6.40. The standard InChI is InChI=1S/C15H30N2/c1-3-8-15(9-4-2)11-17(12-15)14-7-5-6-13(14)10-16/h13-14H,3-12,16H2,1-2H3. The van der Waals surface area contributed by atoms with Gasteiger partial charge in [-0.05, 0) is 43.6 Å². The zero-order chi connectivity index (χ0) is 12.3. The van der Waals surface area contributed by atoms with E-state index in [9.17, 15) is 0 Å². The van der Waals surface area contributed by atoms with E-state index in [2.05, 4.69) is 18.7 Å². The average molecular weight is 238 g/mol. The summed E-state index contributed by atoms with van der Waals surface area (Å²) < 4.78 is 0. The number of rotatable bonds is 6. The molecule has 2 atom stereocenters. The maximum atomic E-state index is 5.90. The normalized spacial score (nSPS) is 32.6. The van der Waals surface area contributed by atoms with Crippen LogP contribution in [-0.2, 0) is 0 Å². The summed E-state index contributed by atoms with van der Waals surface area (Å²) in [4.78, 5) is 2.75.